The van der Waals surface area contributed by atoms with Crippen molar-refractivity contribution in [2.75, 3.05) is 4.90 Å². The minimum absolute atomic E-state index is 0.0272. The van der Waals surface area contributed by atoms with Gasteiger partial charge in [0.1, 0.15) is 6.33 Å². The van der Waals surface area contributed by atoms with Gasteiger partial charge in [0.05, 0.1) is 12.1 Å². The van der Waals surface area contributed by atoms with Crippen molar-refractivity contribution in [3.8, 4) is 0 Å². The third kappa shape index (κ3) is 2.83. The SMILES string of the molecule is Cc1ccc(C2CC(c3ccccc3)n3ncnc3N2C(=O)C2CC2)cc1. The van der Waals surface area contributed by atoms with Crippen LogP contribution in [-0.2, 0) is 4.79 Å². The molecule has 1 fully saturated rings. The quantitative estimate of drug-likeness (QED) is 0.709. The molecule has 2 aromatic carbocycles. The molecule has 27 heavy (non-hydrogen) atoms. The fourth-order valence-corrected chi connectivity index (χ4v) is 4.00. The number of benzene rings is 2. The molecule has 2 atom stereocenters. The average Bonchev–Trinajstić information content (AvgIpc) is 3.44. The highest BCUT2D eigenvalue weighted by Crippen LogP contribution is 2.44. The van der Waals surface area contributed by atoms with Crippen molar-refractivity contribution in [3.05, 3.63) is 77.6 Å². The van der Waals surface area contributed by atoms with Crippen LogP contribution in [0.4, 0.5) is 5.95 Å². The number of carbonyl (C=O) groups is 1. The van der Waals surface area contributed by atoms with E-state index in [1.807, 2.05) is 15.6 Å². The molecule has 2 heterocycles. The van der Waals surface area contributed by atoms with Gasteiger partial charge >= 0.3 is 0 Å². The topological polar surface area (TPSA) is 51.0 Å². The van der Waals surface area contributed by atoms with Crippen molar-refractivity contribution < 1.29 is 4.79 Å². The monoisotopic (exact) mass is 358 g/mol. The molecule has 0 bridgehead atoms. The number of hydrogen-bond acceptors (Lipinski definition) is 3. The minimum Gasteiger partial charge on any atom is -0.274 e. The molecule has 3 aromatic rings. The summed E-state index contributed by atoms with van der Waals surface area (Å²) < 4.78 is 1.92. The lowest BCUT2D eigenvalue weighted by atomic mass is 9.91. The number of nitrogens with zero attached hydrogens (tertiary/aromatic N) is 4. The van der Waals surface area contributed by atoms with Crippen LogP contribution in [0.3, 0.4) is 0 Å². The molecule has 1 amide bonds. The maximum Gasteiger partial charge on any atom is 0.233 e. The van der Waals surface area contributed by atoms with Crippen LogP contribution in [0.1, 0.15) is 48.0 Å². The van der Waals surface area contributed by atoms with E-state index in [-0.39, 0.29) is 23.9 Å². The maximum absolute atomic E-state index is 13.2. The number of aromatic nitrogens is 3. The van der Waals surface area contributed by atoms with Crippen LogP contribution in [0.15, 0.2) is 60.9 Å². The number of fused-ring (bicyclic) bond motifs is 1. The average molecular weight is 358 g/mol. The zero-order valence-corrected chi connectivity index (χ0v) is 15.3. The molecule has 5 heteroatoms. The Morgan fingerprint density at radius 3 is 2.37 bits per heavy atom. The van der Waals surface area contributed by atoms with Crippen LogP contribution < -0.4 is 4.90 Å². The van der Waals surface area contributed by atoms with Crippen LogP contribution in [0, 0.1) is 12.8 Å². The van der Waals surface area contributed by atoms with Gasteiger partial charge in [0.15, 0.2) is 0 Å². The molecule has 1 saturated carbocycles. The Hall–Kier alpha value is -2.95. The van der Waals surface area contributed by atoms with Crippen molar-refractivity contribution in [3.63, 3.8) is 0 Å². The van der Waals surface area contributed by atoms with Crippen LogP contribution in [0.5, 0.6) is 0 Å². The molecule has 0 saturated heterocycles. The third-order valence-electron chi connectivity index (χ3n) is 5.63. The first-order valence-electron chi connectivity index (χ1n) is 9.56. The van der Waals surface area contributed by atoms with E-state index < -0.39 is 0 Å². The molecule has 0 radical (unpaired) electrons. The molecule has 0 N–H and O–H groups in total. The summed E-state index contributed by atoms with van der Waals surface area (Å²) in [5.74, 6) is 0.982. The summed E-state index contributed by atoms with van der Waals surface area (Å²) >= 11 is 0. The smallest absolute Gasteiger partial charge is 0.233 e. The van der Waals surface area contributed by atoms with Gasteiger partial charge in [-0.1, -0.05) is 60.2 Å². The summed E-state index contributed by atoms with van der Waals surface area (Å²) in [6, 6.07) is 18.9. The fraction of sp³-hybridized carbons (Fsp3) is 0.318. The predicted molar refractivity (Wildman–Crippen MR) is 103 cm³/mol. The Morgan fingerprint density at radius 2 is 1.67 bits per heavy atom. The highest BCUT2D eigenvalue weighted by molar-refractivity contribution is 5.96. The standard InChI is InChI=1S/C22H22N4O/c1-15-7-9-17(10-8-15)19-13-20(16-5-3-2-4-6-16)26-22(23-14-24-26)25(19)21(27)18-11-12-18/h2-10,14,18-20H,11-13H2,1H3. The molecular formula is C22H22N4O. The Labute approximate surface area is 158 Å². The highest BCUT2D eigenvalue weighted by atomic mass is 16.2. The first-order valence-corrected chi connectivity index (χ1v) is 9.56. The van der Waals surface area contributed by atoms with Gasteiger partial charge in [0, 0.05) is 5.92 Å². The number of rotatable bonds is 3. The molecule has 136 valence electrons. The number of anilines is 1. The van der Waals surface area contributed by atoms with Gasteiger partial charge < -0.3 is 0 Å². The van der Waals surface area contributed by atoms with Gasteiger partial charge in [-0.25, -0.2) is 4.68 Å². The molecule has 5 rings (SSSR count). The Bertz CT molecular complexity index is 959. The van der Waals surface area contributed by atoms with Crippen molar-refractivity contribution >= 4 is 11.9 Å². The van der Waals surface area contributed by atoms with E-state index in [1.54, 1.807) is 6.33 Å². The third-order valence-corrected chi connectivity index (χ3v) is 5.63. The molecule has 0 spiro atoms. The molecule has 1 aromatic heterocycles. The van der Waals surface area contributed by atoms with Crippen LogP contribution >= 0.6 is 0 Å². The van der Waals surface area contributed by atoms with Crippen LogP contribution in [0.25, 0.3) is 0 Å². The van der Waals surface area contributed by atoms with Crippen molar-refractivity contribution in [1.29, 1.82) is 0 Å². The first kappa shape index (κ1) is 16.2. The second-order valence-electron chi connectivity index (χ2n) is 7.58. The maximum atomic E-state index is 13.2. The normalized spacial score (nSPS) is 21.7. The van der Waals surface area contributed by atoms with Gasteiger partial charge in [-0.3, -0.25) is 9.69 Å². The number of hydrogen-bond donors (Lipinski definition) is 0. The van der Waals surface area contributed by atoms with Crippen molar-refractivity contribution in [2.24, 2.45) is 5.92 Å². The summed E-state index contributed by atoms with van der Waals surface area (Å²) in [6.45, 7) is 2.08. The minimum atomic E-state index is -0.0272. The molecule has 1 aliphatic carbocycles. The predicted octanol–water partition coefficient (Wildman–Crippen LogP) is 4.06. The summed E-state index contributed by atoms with van der Waals surface area (Å²) in [5, 5.41) is 4.48. The Morgan fingerprint density at radius 1 is 0.963 bits per heavy atom. The van der Waals surface area contributed by atoms with E-state index in [9.17, 15) is 4.79 Å². The Kier molecular flexibility index (Phi) is 3.81. The summed E-state index contributed by atoms with van der Waals surface area (Å²) in [5.41, 5.74) is 3.57. The van der Waals surface area contributed by atoms with Gasteiger partial charge in [0.25, 0.3) is 0 Å². The zero-order chi connectivity index (χ0) is 18.4. The molecule has 1 aliphatic heterocycles. The number of aryl methyl sites for hydroxylation is 1. The molecule has 2 aliphatic rings. The summed E-state index contributed by atoms with van der Waals surface area (Å²) in [6.07, 6.45) is 4.32. The molecule has 2 unspecified atom stereocenters. The lowest BCUT2D eigenvalue weighted by Crippen LogP contribution is -2.43. The van der Waals surface area contributed by atoms with Crippen molar-refractivity contribution in [1.82, 2.24) is 14.8 Å². The van der Waals surface area contributed by atoms with Crippen LogP contribution in [0.2, 0.25) is 0 Å². The van der Waals surface area contributed by atoms with Gasteiger partial charge in [0.2, 0.25) is 11.9 Å². The molecule has 5 nitrogen and oxygen atoms in total. The Balaban J connectivity index is 1.63. The number of amides is 1. The van der Waals surface area contributed by atoms with E-state index in [0.29, 0.717) is 5.95 Å². The lowest BCUT2D eigenvalue weighted by molar-refractivity contribution is -0.120. The van der Waals surface area contributed by atoms with Gasteiger partial charge in [-0.15, -0.1) is 0 Å². The van der Waals surface area contributed by atoms with Gasteiger partial charge in [-0.2, -0.15) is 10.1 Å². The largest absolute Gasteiger partial charge is 0.274 e. The number of carbonyl (C=O) groups excluding carboxylic acids is 1. The molecular weight excluding hydrogens is 336 g/mol. The van der Waals surface area contributed by atoms with E-state index in [1.165, 1.54) is 11.1 Å². The summed E-state index contributed by atoms with van der Waals surface area (Å²) in [4.78, 5) is 19.6. The first-order chi connectivity index (χ1) is 13.2. The zero-order valence-electron chi connectivity index (χ0n) is 15.3. The van der Waals surface area contributed by atoms with E-state index in [4.69, 9.17) is 0 Å². The van der Waals surface area contributed by atoms with Crippen molar-refractivity contribution in [2.45, 2.75) is 38.3 Å². The second-order valence-corrected chi connectivity index (χ2v) is 7.58. The van der Waals surface area contributed by atoms with E-state index in [0.717, 1.165) is 24.8 Å². The highest BCUT2D eigenvalue weighted by Gasteiger charge is 2.44. The second kappa shape index (κ2) is 6.34. The van der Waals surface area contributed by atoms with E-state index in [2.05, 4.69) is 65.5 Å². The van der Waals surface area contributed by atoms with Crippen LogP contribution in [-0.4, -0.2) is 20.7 Å². The fourth-order valence-electron chi connectivity index (χ4n) is 4.00. The van der Waals surface area contributed by atoms with E-state index >= 15 is 0 Å². The van der Waals surface area contributed by atoms with Gasteiger partial charge in [-0.05, 0) is 37.3 Å². The lowest BCUT2D eigenvalue weighted by Gasteiger charge is -2.39. The summed E-state index contributed by atoms with van der Waals surface area (Å²) in [7, 11) is 0.